The number of rotatable bonds is 24. The first-order chi connectivity index (χ1) is 26.5. The maximum atomic E-state index is 13.9. The molecule has 0 aliphatic carbocycles. The van der Waals surface area contributed by atoms with Crippen molar-refractivity contribution in [2.75, 3.05) is 72.0 Å². The molecule has 1 aliphatic heterocycles. The van der Waals surface area contributed by atoms with E-state index in [0.717, 1.165) is 51.4 Å². The Morgan fingerprint density at radius 3 is 1.20 bits per heavy atom. The molecule has 1 aromatic heterocycles. The Kier molecular flexibility index (Phi) is 24.8. The number of pyridine rings is 1. The molecule has 0 atom stereocenters. The van der Waals surface area contributed by atoms with Crippen LogP contribution in [0.15, 0.2) is 18.2 Å². The molecule has 55 heavy (non-hydrogen) atoms. The Morgan fingerprint density at radius 1 is 0.509 bits per heavy atom. The average Bonchev–Trinajstić information content (AvgIpc) is 3.12. The van der Waals surface area contributed by atoms with Crippen molar-refractivity contribution in [3.05, 3.63) is 29.6 Å². The van der Waals surface area contributed by atoms with Crippen LogP contribution in [0.1, 0.15) is 128 Å². The first-order valence-electron chi connectivity index (χ1n) is 20.8. The summed E-state index contributed by atoms with van der Waals surface area (Å²) in [7, 11) is 0. The average molecular weight is 775 g/mol. The van der Waals surface area contributed by atoms with Gasteiger partial charge in [0, 0.05) is 39.3 Å². The highest BCUT2D eigenvalue weighted by atomic mass is 16.4. The van der Waals surface area contributed by atoms with Crippen LogP contribution >= 0.6 is 0 Å². The van der Waals surface area contributed by atoms with Crippen LogP contribution in [0.25, 0.3) is 0 Å². The van der Waals surface area contributed by atoms with Gasteiger partial charge >= 0.3 is 17.9 Å². The topological polar surface area (TPSA) is 175 Å². The van der Waals surface area contributed by atoms with Gasteiger partial charge in [0.25, 0.3) is 0 Å². The fraction of sp³-hybridized carbons (Fsp3) is 0.756. The van der Waals surface area contributed by atoms with Gasteiger partial charge in [-0.25, -0.2) is 0 Å². The summed E-state index contributed by atoms with van der Waals surface area (Å²) >= 11 is 0. The number of hydrogen-bond donors (Lipinski definition) is 3. The Morgan fingerprint density at radius 2 is 0.836 bits per heavy atom. The molecular weight excluding hydrogens is 704 g/mol. The minimum absolute atomic E-state index is 0.106. The molecule has 14 heteroatoms. The van der Waals surface area contributed by atoms with Gasteiger partial charge in [0.05, 0.1) is 57.2 Å². The van der Waals surface area contributed by atoms with Crippen molar-refractivity contribution < 1.29 is 39.3 Å². The third kappa shape index (κ3) is 22.5. The van der Waals surface area contributed by atoms with Crippen LogP contribution in [0.5, 0.6) is 0 Å². The monoisotopic (exact) mass is 775 g/mol. The van der Waals surface area contributed by atoms with Crippen LogP contribution < -0.4 is 0 Å². The normalized spacial score (nSPS) is 16.3. The SMILES string of the molecule is CCCCCCCCCCN1Cc2cccc(n2)CN(CCCCCCCCCC)C(=O)CN(CC(=O)O)CCN(CC(=O)O)CCN(CC(=O)O)CC1=O. The van der Waals surface area contributed by atoms with Gasteiger partial charge in [-0.3, -0.25) is 43.7 Å². The van der Waals surface area contributed by atoms with Crippen LogP contribution in [0.4, 0.5) is 0 Å². The molecule has 0 saturated heterocycles. The number of amides is 2. The Bertz CT molecular complexity index is 1200. The van der Waals surface area contributed by atoms with E-state index in [1.807, 2.05) is 18.2 Å². The van der Waals surface area contributed by atoms with Gasteiger partial charge < -0.3 is 25.1 Å². The van der Waals surface area contributed by atoms with Gasteiger partial charge in [-0.1, -0.05) is 110 Å². The standard InChI is InChI=1S/C41H70N6O8/c1-3-5-7-9-11-13-15-17-22-46-28-35-20-19-21-36(42-35)29-47(23-18-16-14-12-10-8-6-4-2)38(49)31-45(34-41(54)55)27-25-43(32-39(50)51)24-26-44(30-37(46)48)33-40(52)53/h19-21H,3-18,22-34H2,1-2H3,(H,50,51)(H,52,53)(H,54,55). The van der Waals surface area contributed by atoms with E-state index in [9.17, 15) is 39.3 Å². The highest BCUT2D eigenvalue weighted by Gasteiger charge is 2.24. The van der Waals surface area contributed by atoms with Gasteiger partial charge in [-0.2, -0.15) is 0 Å². The second-order valence-electron chi connectivity index (χ2n) is 15.1. The molecule has 312 valence electrons. The molecule has 3 N–H and O–H groups in total. The van der Waals surface area contributed by atoms with E-state index in [1.54, 1.807) is 14.7 Å². The molecule has 0 saturated carbocycles. The minimum Gasteiger partial charge on any atom is -0.480 e. The third-order valence-corrected chi connectivity index (χ3v) is 10.1. The van der Waals surface area contributed by atoms with E-state index < -0.39 is 31.0 Å². The fourth-order valence-corrected chi connectivity index (χ4v) is 6.97. The third-order valence-electron chi connectivity index (χ3n) is 10.1. The van der Waals surface area contributed by atoms with Gasteiger partial charge in [0.1, 0.15) is 0 Å². The lowest BCUT2D eigenvalue weighted by molar-refractivity contribution is -0.141. The number of nitrogens with zero attached hydrogens (tertiary/aromatic N) is 6. The second kappa shape index (κ2) is 28.7. The summed E-state index contributed by atoms with van der Waals surface area (Å²) in [6.45, 7) is 4.84. The maximum absolute atomic E-state index is 13.9. The molecule has 0 radical (unpaired) electrons. The number of unbranched alkanes of at least 4 members (excludes halogenated alkanes) is 14. The first kappa shape index (κ1) is 47.5. The molecular formula is C41H70N6O8. The number of carbonyl (C=O) groups excluding carboxylic acids is 2. The summed E-state index contributed by atoms with van der Waals surface area (Å²) in [4.78, 5) is 76.4. The zero-order chi connectivity index (χ0) is 40.3. The fourth-order valence-electron chi connectivity index (χ4n) is 6.97. The molecule has 2 heterocycles. The predicted molar refractivity (Wildman–Crippen MR) is 213 cm³/mol. The van der Waals surface area contributed by atoms with Crippen molar-refractivity contribution in [1.29, 1.82) is 0 Å². The zero-order valence-corrected chi connectivity index (χ0v) is 33.8. The smallest absolute Gasteiger partial charge is 0.317 e. The maximum Gasteiger partial charge on any atom is 0.317 e. The summed E-state index contributed by atoms with van der Waals surface area (Å²) < 4.78 is 0. The number of hydrogen-bond acceptors (Lipinski definition) is 9. The number of aliphatic carboxylic acids is 3. The Balaban J connectivity index is 2.37. The summed E-state index contributed by atoms with van der Waals surface area (Å²) in [5, 5.41) is 29.1. The number of aromatic nitrogens is 1. The number of fused-ring (bicyclic) bond motifs is 2. The number of carboxylic acids is 3. The minimum atomic E-state index is -1.11. The van der Waals surface area contributed by atoms with Crippen LogP contribution in [-0.2, 0) is 37.1 Å². The van der Waals surface area contributed by atoms with Crippen molar-refractivity contribution >= 4 is 29.7 Å². The quantitative estimate of drug-likeness (QED) is 0.117. The van der Waals surface area contributed by atoms with Crippen molar-refractivity contribution in [3.8, 4) is 0 Å². The van der Waals surface area contributed by atoms with Crippen LogP contribution in [0.3, 0.4) is 0 Å². The van der Waals surface area contributed by atoms with Gasteiger partial charge in [-0.15, -0.1) is 0 Å². The van der Waals surface area contributed by atoms with E-state index in [0.29, 0.717) is 24.5 Å². The molecule has 0 unspecified atom stereocenters. The highest BCUT2D eigenvalue weighted by Crippen LogP contribution is 2.14. The Hall–Kier alpha value is -3.62. The molecule has 0 aromatic carbocycles. The van der Waals surface area contributed by atoms with Crippen LogP contribution in [-0.4, -0.2) is 147 Å². The lowest BCUT2D eigenvalue weighted by Crippen LogP contribution is -2.48. The van der Waals surface area contributed by atoms with E-state index in [4.69, 9.17) is 4.98 Å². The van der Waals surface area contributed by atoms with Gasteiger partial charge in [0.2, 0.25) is 11.8 Å². The van der Waals surface area contributed by atoms with E-state index in [-0.39, 0.29) is 70.7 Å². The van der Waals surface area contributed by atoms with Crippen LogP contribution in [0.2, 0.25) is 0 Å². The molecule has 2 rings (SSSR count). The van der Waals surface area contributed by atoms with Crippen molar-refractivity contribution in [2.24, 2.45) is 0 Å². The molecule has 1 aliphatic rings. The molecule has 1 aromatic rings. The number of carboxylic acid groups (broad SMARTS) is 3. The Labute approximate surface area is 329 Å². The summed E-state index contributed by atoms with van der Waals surface area (Å²) in [6, 6.07) is 5.58. The highest BCUT2D eigenvalue weighted by molar-refractivity contribution is 5.80. The van der Waals surface area contributed by atoms with Crippen molar-refractivity contribution in [1.82, 2.24) is 29.5 Å². The summed E-state index contributed by atoms with van der Waals surface area (Å²) in [6.07, 6.45) is 17.8. The van der Waals surface area contributed by atoms with E-state index in [2.05, 4.69) is 13.8 Å². The molecule has 2 amide bonds. The van der Waals surface area contributed by atoms with Crippen molar-refractivity contribution in [2.45, 2.75) is 130 Å². The zero-order valence-electron chi connectivity index (χ0n) is 33.8. The predicted octanol–water partition coefficient (Wildman–Crippen LogP) is 5.19. The van der Waals surface area contributed by atoms with Crippen molar-refractivity contribution in [3.63, 3.8) is 0 Å². The molecule has 0 fully saturated rings. The summed E-state index contributed by atoms with van der Waals surface area (Å²) in [5.41, 5.74) is 1.33. The first-order valence-corrected chi connectivity index (χ1v) is 20.8. The molecule has 2 bridgehead atoms. The lowest BCUT2D eigenvalue weighted by Gasteiger charge is -2.31. The van der Waals surface area contributed by atoms with E-state index >= 15 is 0 Å². The molecule has 14 nitrogen and oxygen atoms in total. The van der Waals surface area contributed by atoms with Gasteiger partial charge in [0.15, 0.2) is 0 Å². The molecule has 0 spiro atoms. The lowest BCUT2D eigenvalue weighted by atomic mass is 10.1. The number of carbonyl (C=O) groups is 5. The largest absolute Gasteiger partial charge is 0.480 e. The summed E-state index contributed by atoms with van der Waals surface area (Å²) in [5.74, 6) is -3.77. The second-order valence-corrected chi connectivity index (χ2v) is 15.1. The van der Waals surface area contributed by atoms with Gasteiger partial charge in [-0.05, 0) is 25.0 Å². The van der Waals surface area contributed by atoms with Crippen LogP contribution in [0, 0.1) is 0 Å². The van der Waals surface area contributed by atoms with E-state index in [1.165, 1.54) is 61.2 Å².